The quantitative estimate of drug-likeness (QED) is 0.411. The summed E-state index contributed by atoms with van der Waals surface area (Å²) < 4.78 is 13.0. The summed E-state index contributed by atoms with van der Waals surface area (Å²) in [5.74, 6) is 0.763. The Labute approximate surface area is 170 Å². The fourth-order valence-corrected chi connectivity index (χ4v) is 3.48. The molecule has 0 aliphatic rings. The summed E-state index contributed by atoms with van der Waals surface area (Å²) in [6.07, 6.45) is 0. The minimum atomic E-state index is 0.467. The molecule has 142 valence electrons. The van der Waals surface area contributed by atoms with Gasteiger partial charge in [-0.05, 0) is 0 Å². The van der Waals surface area contributed by atoms with E-state index in [1.165, 1.54) is 16.9 Å². The number of pyridine rings is 1. The topological polar surface area (TPSA) is 87.8 Å². The van der Waals surface area contributed by atoms with E-state index >= 15 is 0 Å². The molecular formula is C19H19AsN6O2. The van der Waals surface area contributed by atoms with Gasteiger partial charge >= 0.3 is 170 Å². The maximum absolute atomic E-state index is 5.33. The van der Waals surface area contributed by atoms with Crippen molar-refractivity contribution in [3.05, 3.63) is 53.9 Å². The number of ether oxygens (including phenoxy) is 2. The van der Waals surface area contributed by atoms with Gasteiger partial charge in [0.1, 0.15) is 0 Å². The van der Waals surface area contributed by atoms with E-state index in [0.717, 1.165) is 28.4 Å². The second-order valence-corrected chi connectivity index (χ2v) is 7.22. The van der Waals surface area contributed by atoms with E-state index in [2.05, 4.69) is 25.3 Å². The molecule has 0 radical (unpaired) electrons. The van der Waals surface area contributed by atoms with Gasteiger partial charge in [-0.1, -0.05) is 0 Å². The zero-order valence-electron chi connectivity index (χ0n) is 15.5. The van der Waals surface area contributed by atoms with E-state index < -0.39 is 0 Å². The van der Waals surface area contributed by atoms with Crippen LogP contribution in [0.4, 0.5) is 0 Å². The molecule has 3 heterocycles. The number of rotatable bonds is 6. The van der Waals surface area contributed by atoms with Crippen LogP contribution in [-0.2, 0) is 17.9 Å². The molecule has 0 N–H and O–H groups in total. The number of methoxy groups -OCH3 is 2. The summed E-state index contributed by atoms with van der Waals surface area (Å²) in [7, 11) is 3.30. The van der Waals surface area contributed by atoms with Crippen LogP contribution in [-0.4, -0.2) is 61.0 Å². The van der Waals surface area contributed by atoms with Crippen LogP contribution in [0.15, 0.2) is 42.5 Å². The number of fused-ring (bicyclic) bond motifs is 1. The normalized spacial score (nSPS) is 11.1. The summed E-state index contributed by atoms with van der Waals surface area (Å²) in [6.45, 7) is 0.935. The summed E-state index contributed by atoms with van der Waals surface area (Å²) in [4.78, 5) is 13.8. The molecule has 0 saturated carbocycles. The second-order valence-electron chi connectivity index (χ2n) is 6.13. The Hall–Kier alpha value is -2.83. The summed E-state index contributed by atoms with van der Waals surface area (Å²) in [5, 5.41) is 8.65. The van der Waals surface area contributed by atoms with E-state index in [0.29, 0.717) is 28.9 Å². The fraction of sp³-hybridized carbons (Fsp3) is 0.211. The monoisotopic (exact) mass is 438 g/mol. The molecule has 1 aromatic carbocycles. The molecule has 0 bridgehead atoms. The third kappa shape index (κ3) is 3.74. The molecule has 9 heteroatoms. The number of hydrogen-bond donors (Lipinski definition) is 0. The van der Waals surface area contributed by atoms with Crippen LogP contribution in [0.5, 0.6) is 5.75 Å². The minimum absolute atomic E-state index is 0.467. The molecule has 4 aromatic rings. The molecule has 1 atom stereocenters. The zero-order valence-corrected chi connectivity index (χ0v) is 18.0. The summed E-state index contributed by atoms with van der Waals surface area (Å²) >= 11 is 1.35. The van der Waals surface area contributed by atoms with Gasteiger partial charge in [0, 0.05) is 0 Å². The van der Waals surface area contributed by atoms with Crippen LogP contribution in [0.25, 0.3) is 22.4 Å². The summed E-state index contributed by atoms with van der Waals surface area (Å²) in [6, 6.07) is 13.6. The van der Waals surface area contributed by atoms with Crippen molar-refractivity contribution in [3.8, 4) is 17.0 Å². The summed E-state index contributed by atoms with van der Waals surface area (Å²) in [5.41, 5.74) is 4.74. The standard InChI is InChI=1S/C19H19AsN6O2/c1-27-11-14-7-4-6-13(21-14)10-26-18-17(24-25-26)16(22-19(20)23-18)12-5-3-8-15(9-12)28-2/h3-9H,10-11,20H2,1-2H3. The Kier molecular flexibility index (Phi) is 5.32. The number of nitrogens with zero attached hydrogens (tertiary/aromatic N) is 6. The SMILES string of the molecule is COCc1cccc(Cn2nnc3c(-c4cccc(OC)c4)nc([AsH2])nc32)n1. The van der Waals surface area contributed by atoms with E-state index in [4.69, 9.17) is 9.47 Å². The van der Waals surface area contributed by atoms with Crippen LogP contribution in [0.1, 0.15) is 11.4 Å². The van der Waals surface area contributed by atoms with Crippen LogP contribution >= 0.6 is 0 Å². The van der Waals surface area contributed by atoms with Crippen molar-refractivity contribution in [2.45, 2.75) is 13.2 Å². The van der Waals surface area contributed by atoms with E-state index in [-0.39, 0.29) is 0 Å². The molecule has 0 amide bonds. The van der Waals surface area contributed by atoms with Crippen molar-refractivity contribution >= 4 is 32.6 Å². The molecule has 0 saturated heterocycles. The molecule has 1 unspecified atom stereocenters. The Morgan fingerprint density at radius 2 is 1.82 bits per heavy atom. The Morgan fingerprint density at radius 1 is 1.00 bits per heavy atom. The molecule has 3 aromatic heterocycles. The first-order valence-electron chi connectivity index (χ1n) is 8.63. The van der Waals surface area contributed by atoms with Gasteiger partial charge in [-0.2, -0.15) is 0 Å². The Bertz CT molecular complexity index is 1130. The second kappa shape index (κ2) is 8.04. The Morgan fingerprint density at radius 3 is 2.64 bits per heavy atom. The first-order chi connectivity index (χ1) is 13.7. The molecule has 0 spiro atoms. The van der Waals surface area contributed by atoms with Crippen molar-refractivity contribution in [2.75, 3.05) is 14.2 Å². The van der Waals surface area contributed by atoms with Gasteiger partial charge in [-0.15, -0.1) is 0 Å². The van der Waals surface area contributed by atoms with Gasteiger partial charge in [0.2, 0.25) is 0 Å². The van der Waals surface area contributed by atoms with Crippen molar-refractivity contribution in [3.63, 3.8) is 0 Å². The van der Waals surface area contributed by atoms with Crippen LogP contribution in [0.3, 0.4) is 0 Å². The van der Waals surface area contributed by atoms with E-state index in [1.807, 2.05) is 42.5 Å². The van der Waals surface area contributed by atoms with Gasteiger partial charge in [-0.3, -0.25) is 0 Å². The maximum atomic E-state index is 5.33. The number of aromatic nitrogens is 6. The van der Waals surface area contributed by atoms with Crippen LogP contribution < -0.4 is 9.35 Å². The van der Waals surface area contributed by atoms with Crippen molar-refractivity contribution < 1.29 is 9.47 Å². The molecule has 0 aliphatic heterocycles. The van der Waals surface area contributed by atoms with Crippen molar-refractivity contribution in [1.82, 2.24) is 29.9 Å². The molecule has 0 fully saturated rings. The van der Waals surface area contributed by atoms with Gasteiger partial charge in [0.15, 0.2) is 0 Å². The van der Waals surface area contributed by atoms with Crippen LogP contribution in [0.2, 0.25) is 0 Å². The average molecular weight is 438 g/mol. The van der Waals surface area contributed by atoms with E-state index in [9.17, 15) is 0 Å². The van der Waals surface area contributed by atoms with Crippen molar-refractivity contribution in [1.29, 1.82) is 0 Å². The number of hydrogen-bond acceptors (Lipinski definition) is 7. The molecule has 4 rings (SSSR count). The predicted molar refractivity (Wildman–Crippen MR) is 107 cm³/mol. The van der Waals surface area contributed by atoms with Crippen molar-refractivity contribution in [2.24, 2.45) is 0 Å². The zero-order chi connectivity index (χ0) is 19.5. The third-order valence-electron chi connectivity index (χ3n) is 4.19. The first-order valence-corrected chi connectivity index (χ1v) is 9.84. The molecular weight excluding hydrogens is 419 g/mol. The number of benzene rings is 1. The van der Waals surface area contributed by atoms with Gasteiger partial charge in [-0.25, -0.2) is 0 Å². The third-order valence-corrected chi connectivity index (χ3v) is 4.73. The van der Waals surface area contributed by atoms with Gasteiger partial charge < -0.3 is 0 Å². The average Bonchev–Trinajstić information content (AvgIpc) is 3.10. The van der Waals surface area contributed by atoms with Crippen LogP contribution in [0, 0.1) is 0 Å². The fourth-order valence-electron chi connectivity index (χ4n) is 2.95. The van der Waals surface area contributed by atoms with Gasteiger partial charge in [0.05, 0.1) is 0 Å². The predicted octanol–water partition coefficient (Wildman–Crippen LogP) is 0.745. The Balaban J connectivity index is 1.76. The molecule has 0 aliphatic carbocycles. The van der Waals surface area contributed by atoms with E-state index in [1.54, 1.807) is 18.9 Å². The molecule has 8 nitrogen and oxygen atoms in total. The molecule has 28 heavy (non-hydrogen) atoms. The first kappa shape index (κ1) is 18.5. The van der Waals surface area contributed by atoms with Gasteiger partial charge in [0.25, 0.3) is 0 Å².